The third-order valence-corrected chi connectivity index (χ3v) is 5.35. The summed E-state index contributed by atoms with van der Waals surface area (Å²) in [5, 5.41) is 7.45. The standard InChI is InChI=1S/C21H18ClF3N4O/c22-19-18(28-10-9-16(13-28)27-15-6-2-1-3-7-15)12-26-29(20(19)30)17-8-4-5-14(11-17)21(23,24)25/h1-8,11-12,16,27H,9-10,13H2. The Bertz CT molecular complexity index is 1100. The van der Waals surface area contributed by atoms with Gasteiger partial charge in [0.1, 0.15) is 5.02 Å². The number of hydrogen-bond acceptors (Lipinski definition) is 4. The van der Waals surface area contributed by atoms with E-state index in [1.807, 2.05) is 35.2 Å². The number of halogens is 4. The molecule has 0 radical (unpaired) electrons. The van der Waals surface area contributed by atoms with Crippen LogP contribution >= 0.6 is 11.6 Å². The third kappa shape index (κ3) is 4.14. The Morgan fingerprint density at radius 3 is 2.60 bits per heavy atom. The van der Waals surface area contributed by atoms with Crippen molar-refractivity contribution in [1.29, 1.82) is 0 Å². The lowest BCUT2D eigenvalue weighted by molar-refractivity contribution is -0.137. The Morgan fingerprint density at radius 1 is 1.10 bits per heavy atom. The summed E-state index contributed by atoms with van der Waals surface area (Å²) in [5.74, 6) is 0. The SMILES string of the molecule is O=c1c(Cl)c(N2CCC(Nc3ccccc3)C2)cnn1-c1cccc(C(F)(F)F)c1. The molecule has 1 N–H and O–H groups in total. The Balaban J connectivity index is 1.56. The minimum atomic E-state index is -4.51. The average molecular weight is 435 g/mol. The molecule has 0 saturated carbocycles. The summed E-state index contributed by atoms with van der Waals surface area (Å²) >= 11 is 6.31. The zero-order chi connectivity index (χ0) is 21.3. The fourth-order valence-corrected chi connectivity index (χ4v) is 3.76. The maximum absolute atomic E-state index is 13.0. The number of nitrogens with zero attached hydrogens (tertiary/aromatic N) is 3. The topological polar surface area (TPSA) is 50.2 Å². The van der Waals surface area contributed by atoms with Gasteiger partial charge in [0.2, 0.25) is 0 Å². The number of rotatable bonds is 4. The third-order valence-electron chi connectivity index (χ3n) is 4.99. The second kappa shape index (κ2) is 8.02. The fourth-order valence-electron chi connectivity index (χ4n) is 3.51. The second-order valence-corrected chi connectivity index (χ2v) is 7.43. The zero-order valence-corrected chi connectivity index (χ0v) is 16.5. The first-order chi connectivity index (χ1) is 14.3. The van der Waals surface area contributed by atoms with Crippen molar-refractivity contribution in [2.75, 3.05) is 23.3 Å². The van der Waals surface area contributed by atoms with Crippen molar-refractivity contribution in [2.24, 2.45) is 0 Å². The summed E-state index contributed by atoms with van der Waals surface area (Å²) < 4.78 is 39.8. The van der Waals surface area contributed by atoms with Crippen molar-refractivity contribution >= 4 is 23.0 Å². The second-order valence-electron chi connectivity index (χ2n) is 7.05. The van der Waals surface area contributed by atoms with Crippen LogP contribution in [0, 0.1) is 0 Å². The average Bonchev–Trinajstić information content (AvgIpc) is 3.18. The molecule has 0 bridgehead atoms. The maximum Gasteiger partial charge on any atom is 0.416 e. The van der Waals surface area contributed by atoms with Crippen molar-refractivity contribution < 1.29 is 13.2 Å². The number of nitrogens with one attached hydrogen (secondary N) is 1. The van der Waals surface area contributed by atoms with E-state index in [1.54, 1.807) is 0 Å². The van der Waals surface area contributed by atoms with Crippen LogP contribution in [0.3, 0.4) is 0 Å². The molecule has 1 aliphatic heterocycles. The van der Waals surface area contributed by atoms with Crippen molar-refractivity contribution in [3.63, 3.8) is 0 Å². The van der Waals surface area contributed by atoms with Gasteiger partial charge in [-0.1, -0.05) is 35.9 Å². The van der Waals surface area contributed by atoms with Crippen molar-refractivity contribution in [2.45, 2.75) is 18.6 Å². The molecule has 0 aliphatic carbocycles. The monoisotopic (exact) mass is 434 g/mol. The highest BCUT2D eigenvalue weighted by molar-refractivity contribution is 6.33. The van der Waals surface area contributed by atoms with Gasteiger partial charge >= 0.3 is 6.18 Å². The van der Waals surface area contributed by atoms with Crippen LogP contribution in [0.4, 0.5) is 24.5 Å². The quantitative estimate of drug-likeness (QED) is 0.652. The normalized spacial score (nSPS) is 16.7. The van der Waals surface area contributed by atoms with Crippen LogP contribution in [0.1, 0.15) is 12.0 Å². The molecule has 1 saturated heterocycles. The van der Waals surface area contributed by atoms with Gasteiger partial charge in [-0.2, -0.15) is 23.0 Å². The van der Waals surface area contributed by atoms with E-state index in [0.717, 1.165) is 28.9 Å². The Morgan fingerprint density at radius 2 is 1.87 bits per heavy atom. The van der Waals surface area contributed by atoms with Crippen LogP contribution in [0.15, 0.2) is 65.6 Å². The Labute approximate surface area is 175 Å². The van der Waals surface area contributed by atoms with Gasteiger partial charge in [0.25, 0.3) is 5.56 Å². The van der Waals surface area contributed by atoms with Crippen LogP contribution < -0.4 is 15.8 Å². The van der Waals surface area contributed by atoms with E-state index in [4.69, 9.17) is 11.6 Å². The van der Waals surface area contributed by atoms with Gasteiger partial charge in [-0.25, -0.2) is 0 Å². The first kappa shape index (κ1) is 20.3. The molecule has 1 unspecified atom stereocenters. The molecule has 9 heteroatoms. The number of hydrogen-bond donors (Lipinski definition) is 1. The van der Waals surface area contributed by atoms with E-state index < -0.39 is 17.3 Å². The molecule has 0 amide bonds. The highest BCUT2D eigenvalue weighted by Gasteiger charge is 2.31. The first-order valence-corrected chi connectivity index (χ1v) is 9.73. The summed E-state index contributed by atoms with van der Waals surface area (Å²) in [5.41, 5.74) is -0.0275. The van der Waals surface area contributed by atoms with Crippen molar-refractivity contribution in [3.05, 3.63) is 81.7 Å². The van der Waals surface area contributed by atoms with E-state index in [0.29, 0.717) is 18.8 Å². The van der Waals surface area contributed by atoms with Gasteiger partial charge in [-0.3, -0.25) is 4.79 Å². The van der Waals surface area contributed by atoms with E-state index in [9.17, 15) is 18.0 Å². The molecule has 2 heterocycles. The summed E-state index contributed by atoms with van der Waals surface area (Å²) in [7, 11) is 0. The summed E-state index contributed by atoms with van der Waals surface area (Å²) in [4.78, 5) is 14.7. The lowest BCUT2D eigenvalue weighted by Crippen LogP contribution is -2.29. The summed E-state index contributed by atoms with van der Waals surface area (Å²) in [6.07, 6.45) is -2.24. The minimum Gasteiger partial charge on any atom is -0.380 e. The number of para-hydroxylation sites is 1. The predicted molar refractivity (Wildman–Crippen MR) is 111 cm³/mol. The molecule has 1 aliphatic rings. The molecule has 1 fully saturated rings. The van der Waals surface area contributed by atoms with Crippen molar-refractivity contribution in [3.8, 4) is 5.69 Å². The highest BCUT2D eigenvalue weighted by atomic mass is 35.5. The highest BCUT2D eigenvalue weighted by Crippen LogP contribution is 2.31. The van der Waals surface area contributed by atoms with Gasteiger partial charge in [0.05, 0.1) is 23.1 Å². The van der Waals surface area contributed by atoms with Crippen LogP contribution in [0.2, 0.25) is 5.02 Å². The Kier molecular flexibility index (Phi) is 5.42. The van der Waals surface area contributed by atoms with Gasteiger partial charge in [0.15, 0.2) is 0 Å². The first-order valence-electron chi connectivity index (χ1n) is 9.35. The molecule has 4 rings (SSSR count). The van der Waals surface area contributed by atoms with Crippen LogP contribution in [-0.4, -0.2) is 28.9 Å². The smallest absolute Gasteiger partial charge is 0.380 e. The van der Waals surface area contributed by atoms with Crippen LogP contribution in [0.5, 0.6) is 0 Å². The van der Waals surface area contributed by atoms with E-state index in [1.165, 1.54) is 18.3 Å². The molecule has 2 aromatic carbocycles. The lowest BCUT2D eigenvalue weighted by Gasteiger charge is -2.20. The number of aromatic nitrogens is 2. The van der Waals surface area contributed by atoms with Gasteiger partial charge in [0, 0.05) is 24.8 Å². The maximum atomic E-state index is 13.0. The number of anilines is 2. The largest absolute Gasteiger partial charge is 0.416 e. The van der Waals surface area contributed by atoms with E-state index in [2.05, 4.69) is 10.4 Å². The van der Waals surface area contributed by atoms with E-state index >= 15 is 0 Å². The molecular weight excluding hydrogens is 417 g/mol. The molecule has 1 aromatic heterocycles. The lowest BCUT2D eigenvalue weighted by atomic mass is 10.2. The molecule has 3 aromatic rings. The van der Waals surface area contributed by atoms with Gasteiger partial charge < -0.3 is 10.2 Å². The van der Waals surface area contributed by atoms with E-state index in [-0.39, 0.29) is 16.8 Å². The predicted octanol–water partition coefficient (Wildman–Crippen LogP) is 4.60. The Hall–Kier alpha value is -3.00. The summed E-state index contributed by atoms with van der Waals surface area (Å²) in [6.45, 7) is 1.31. The summed E-state index contributed by atoms with van der Waals surface area (Å²) in [6, 6.07) is 14.4. The molecule has 1 atom stereocenters. The zero-order valence-electron chi connectivity index (χ0n) is 15.7. The van der Waals surface area contributed by atoms with Gasteiger partial charge in [-0.15, -0.1) is 0 Å². The molecule has 0 spiro atoms. The fraction of sp³-hybridized carbons (Fsp3) is 0.238. The molecule has 5 nitrogen and oxygen atoms in total. The number of alkyl halides is 3. The van der Waals surface area contributed by atoms with Crippen LogP contribution in [0.25, 0.3) is 5.69 Å². The molecule has 30 heavy (non-hydrogen) atoms. The molecule has 156 valence electrons. The molecular formula is C21H18ClF3N4O. The van der Waals surface area contributed by atoms with Crippen molar-refractivity contribution in [1.82, 2.24) is 9.78 Å². The van der Waals surface area contributed by atoms with Crippen LogP contribution in [-0.2, 0) is 6.18 Å². The van der Waals surface area contributed by atoms with Gasteiger partial charge in [-0.05, 0) is 36.8 Å². The number of benzene rings is 2. The minimum absolute atomic E-state index is 0.00770.